The molecule has 2 N–H and O–H groups in total. The molecular weight excluding hydrogens is 501 g/mol. The van der Waals surface area contributed by atoms with E-state index in [9.17, 15) is 32.7 Å². The molecule has 8 nitrogen and oxygen atoms in total. The van der Waals surface area contributed by atoms with Crippen molar-refractivity contribution in [3.8, 4) is 0 Å². The third-order valence-corrected chi connectivity index (χ3v) is 5.96. The number of rotatable bonds is 7. The highest BCUT2D eigenvalue weighted by molar-refractivity contribution is 5.99. The molecule has 202 valence electrons. The molecule has 1 heterocycles. The van der Waals surface area contributed by atoms with E-state index in [2.05, 4.69) is 15.8 Å². The number of pyridine rings is 1. The Morgan fingerprint density at radius 3 is 2.26 bits per heavy atom. The van der Waals surface area contributed by atoms with Gasteiger partial charge in [0, 0.05) is 41.3 Å². The van der Waals surface area contributed by atoms with E-state index < -0.39 is 41.2 Å². The predicted octanol–water partition coefficient (Wildman–Crippen LogP) is 3.85. The van der Waals surface area contributed by atoms with Gasteiger partial charge < -0.3 is 14.8 Å². The number of carbonyl (C=O) groups is 3. The summed E-state index contributed by atoms with van der Waals surface area (Å²) in [5, 5.41) is 13.6. The quantitative estimate of drug-likeness (QED) is 0.452. The Morgan fingerprint density at radius 1 is 0.974 bits per heavy atom. The van der Waals surface area contributed by atoms with E-state index in [-0.39, 0.29) is 19.3 Å². The maximum atomic E-state index is 12.9. The molecule has 1 aromatic heterocycles. The third kappa shape index (κ3) is 7.44. The second-order valence-corrected chi connectivity index (χ2v) is 9.84. The van der Waals surface area contributed by atoms with E-state index in [1.165, 1.54) is 12.1 Å². The molecule has 3 aromatic rings. The molecule has 0 aliphatic heterocycles. The van der Waals surface area contributed by atoms with Crippen LogP contribution in [0.2, 0.25) is 0 Å². The maximum Gasteiger partial charge on any atom is 0.416 e. The second kappa shape index (κ2) is 11.5. The van der Waals surface area contributed by atoms with Crippen molar-refractivity contribution in [1.82, 2.24) is 20.7 Å². The van der Waals surface area contributed by atoms with Gasteiger partial charge in [-0.25, -0.2) is 0 Å². The number of amides is 3. The van der Waals surface area contributed by atoms with Crippen LogP contribution >= 0.6 is 0 Å². The van der Waals surface area contributed by atoms with E-state index >= 15 is 0 Å². The van der Waals surface area contributed by atoms with Crippen LogP contribution in [0.5, 0.6) is 0 Å². The van der Waals surface area contributed by atoms with Crippen molar-refractivity contribution in [3.63, 3.8) is 0 Å². The second-order valence-electron chi connectivity index (χ2n) is 9.84. The highest BCUT2D eigenvalue weighted by Gasteiger charge is 2.32. The molecule has 0 bridgehead atoms. The van der Waals surface area contributed by atoms with E-state index in [1.807, 2.05) is 0 Å². The number of fused-ring (bicyclic) bond motifs is 1. The van der Waals surface area contributed by atoms with Crippen LogP contribution in [0.3, 0.4) is 0 Å². The van der Waals surface area contributed by atoms with Crippen molar-refractivity contribution in [2.75, 3.05) is 0 Å². The number of hydrazine groups is 1. The van der Waals surface area contributed by atoms with Gasteiger partial charge in [-0.2, -0.15) is 13.2 Å². The molecule has 0 spiro atoms. The van der Waals surface area contributed by atoms with Crippen LogP contribution in [0, 0.1) is 0 Å². The summed E-state index contributed by atoms with van der Waals surface area (Å²) in [4.78, 5) is 42.1. The zero-order valence-corrected chi connectivity index (χ0v) is 21.1. The first-order valence-electron chi connectivity index (χ1n) is 11.8. The normalized spacial score (nSPS) is 12.6. The lowest BCUT2D eigenvalue weighted by Gasteiger charge is -2.44. The fourth-order valence-electron chi connectivity index (χ4n) is 4.18. The minimum Gasteiger partial charge on any atom is -0.530 e. The summed E-state index contributed by atoms with van der Waals surface area (Å²) in [7, 11) is 0. The van der Waals surface area contributed by atoms with Gasteiger partial charge in [-0.1, -0.05) is 18.2 Å². The van der Waals surface area contributed by atoms with Crippen molar-refractivity contribution < 1.29 is 32.7 Å². The van der Waals surface area contributed by atoms with E-state index in [1.54, 1.807) is 57.4 Å². The zero-order chi connectivity index (χ0) is 28.1. The molecule has 0 fully saturated rings. The lowest BCUT2D eigenvalue weighted by Crippen LogP contribution is -2.57. The number of hydrogen-bond acceptors (Lipinski definition) is 5. The topological polar surface area (TPSA) is 114 Å². The van der Waals surface area contributed by atoms with Crippen molar-refractivity contribution in [2.45, 2.75) is 57.8 Å². The highest BCUT2D eigenvalue weighted by atomic mass is 19.4. The van der Waals surface area contributed by atoms with Crippen LogP contribution < -0.4 is 16.0 Å². The van der Waals surface area contributed by atoms with Crippen molar-refractivity contribution in [3.05, 3.63) is 77.6 Å². The first kappa shape index (κ1) is 28.4. The summed E-state index contributed by atoms with van der Waals surface area (Å²) in [6.07, 6.45) is -2.75. The lowest BCUT2D eigenvalue weighted by molar-refractivity contribution is -0.273. The summed E-state index contributed by atoms with van der Waals surface area (Å²) in [6.45, 7) is 4.97. The summed E-state index contributed by atoms with van der Waals surface area (Å²) >= 11 is 0. The molecule has 38 heavy (non-hydrogen) atoms. The number of nitrogens with zero attached hydrogens (tertiary/aromatic N) is 2. The Labute approximate surface area is 217 Å². The first-order valence-corrected chi connectivity index (χ1v) is 11.8. The number of alkyl halides is 3. The number of nitrogens with one attached hydrogen (secondary N) is 2. The minimum atomic E-state index is -4.49. The molecule has 0 unspecified atom stereocenters. The van der Waals surface area contributed by atoms with Crippen LogP contribution in [0.1, 0.15) is 55.1 Å². The number of halogens is 3. The molecule has 0 saturated carbocycles. The Hall–Kier alpha value is -4.15. The summed E-state index contributed by atoms with van der Waals surface area (Å²) in [5.74, 6) is -1.10. The SMILES string of the molecule is CC(C)(C)N(C(=O)[O-])[C@H](CCC(=O)NNC(=O)c1ccc2cnccc2c1)Cc1ccc(C(F)(F)F)cc1. The van der Waals surface area contributed by atoms with Crippen LogP contribution in [-0.4, -0.2) is 39.4 Å². The van der Waals surface area contributed by atoms with Gasteiger partial charge >= 0.3 is 6.18 Å². The molecule has 0 radical (unpaired) electrons. The average molecular weight is 530 g/mol. The molecule has 2 aromatic carbocycles. The molecule has 3 rings (SSSR count). The van der Waals surface area contributed by atoms with Gasteiger partial charge in [0.2, 0.25) is 5.91 Å². The number of hydrogen-bond donors (Lipinski definition) is 2. The third-order valence-electron chi connectivity index (χ3n) is 5.96. The molecule has 0 aliphatic carbocycles. The van der Waals surface area contributed by atoms with Gasteiger partial charge in [-0.15, -0.1) is 0 Å². The van der Waals surface area contributed by atoms with Gasteiger partial charge in [0.15, 0.2) is 0 Å². The monoisotopic (exact) mass is 529 g/mol. The number of aromatic nitrogens is 1. The average Bonchev–Trinajstić information content (AvgIpc) is 2.84. The van der Waals surface area contributed by atoms with Gasteiger partial charge in [0.1, 0.15) is 6.09 Å². The Bertz CT molecular complexity index is 1300. The molecular formula is C27H28F3N4O4-. The number of carbonyl (C=O) groups excluding carboxylic acids is 3. The van der Waals surface area contributed by atoms with Crippen molar-refractivity contribution >= 4 is 28.7 Å². The summed E-state index contributed by atoms with van der Waals surface area (Å²) in [5.41, 5.74) is 3.74. The van der Waals surface area contributed by atoms with Crippen LogP contribution in [0.15, 0.2) is 60.9 Å². The number of carboxylic acid groups (broad SMARTS) is 1. The minimum absolute atomic E-state index is 0.0386. The smallest absolute Gasteiger partial charge is 0.416 e. The van der Waals surface area contributed by atoms with E-state index in [0.717, 1.165) is 27.8 Å². The van der Waals surface area contributed by atoms with Gasteiger partial charge in [0.05, 0.1) is 5.56 Å². The zero-order valence-electron chi connectivity index (χ0n) is 21.1. The van der Waals surface area contributed by atoms with Gasteiger partial charge in [-0.05, 0) is 74.9 Å². The molecule has 1 atom stereocenters. The number of benzene rings is 2. The van der Waals surface area contributed by atoms with Crippen LogP contribution in [-0.2, 0) is 17.4 Å². The predicted molar refractivity (Wildman–Crippen MR) is 133 cm³/mol. The van der Waals surface area contributed by atoms with E-state index in [0.29, 0.717) is 11.1 Å². The van der Waals surface area contributed by atoms with Gasteiger partial charge in [0.25, 0.3) is 5.91 Å². The highest BCUT2D eigenvalue weighted by Crippen LogP contribution is 2.30. The summed E-state index contributed by atoms with van der Waals surface area (Å²) in [6, 6.07) is 10.4. The fourth-order valence-corrected chi connectivity index (χ4v) is 4.18. The van der Waals surface area contributed by atoms with Crippen molar-refractivity contribution in [2.24, 2.45) is 0 Å². The first-order chi connectivity index (χ1) is 17.8. The molecule has 3 amide bonds. The van der Waals surface area contributed by atoms with Crippen molar-refractivity contribution in [1.29, 1.82) is 0 Å². The van der Waals surface area contributed by atoms with E-state index in [4.69, 9.17) is 0 Å². The fraction of sp³-hybridized carbons (Fsp3) is 0.333. The molecule has 0 aliphatic rings. The Morgan fingerprint density at radius 2 is 1.66 bits per heavy atom. The standard InChI is InChI=1S/C27H29F3N4O4/c1-26(2,3)34(25(37)38)22(14-17-4-8-21(9-5-17)27(28,29)30)10-11-23(35)32-33-24(36)19-6-7-20-16-31-13-12-18(20)15-19/h4-9,12-13,15-16,22H,10-11,14H2,1-3H3,(H,32,35)(H,33,36)(H,37,38)/p-1/t22-/m1/s1. The summed E-state index contributed by atoms with van der Waals surface area (Å²) < 4.78 is 38.8. The van der Waals surface area contributed by atoms with Crippen LogP contribution in [0.25, 0.3) is 10.8 Å². The lowest BCUT2D eigenvalue weighted by atomic mass is 9.95. The maximum absolute atomic E-state index is 12.9. The molecule has 0 saturated heterocycles. The Kier molecular flexibility index (Phi) is 8.60. The molecule has 11 heteroatoms. The Balaban J connectivity index is 1.66. The van der Waals surface area contributed by atoms with Gasteiger partial charge in [-0.3, -0.25) is 25.4 Å². The van der Waals surface area contributed by atoms with Crippen LogP contribution in [0.4, 0.5) is 18.0 Å². The largest absolute Gasteiger partial charge is 0.530 e.